The second kappa shape index (κ2) is 16.1. The van der Waals surface area contributed by atoms with Crippen LogP contribution in [0.2, 0.25) is 0 Å². The molecule has 1 aromatic carbocycles. The van der Waals surface area contributed by atoms with Gasteiger partial charge in [0.1, 0.15) is 17.9 Å². The molecule has 1 heterocycles. The first kappa shape index (κ1) is 27.6. The van der Waals surface area contributed by atoms with Crippen molar-refractivity contribution in [1.82, 2.24) is 5.32 Å². The molecule has 0 fully saturated rings. The Kier molecular flexibility index (Phi) is 13.1. The van der Waals surface area contributed by atoms with Crippen molar-refractivity contribution >= 4 is 16.9 Å². The fourth-order valence-electron chi connectivity index (χ4n) is 3.80. The molecule has 0 radical (unpaired) electrons. The van der Waals surface area contributed by atoms with Crippen LogP contribution < -0.4 is 15.7 Å². The number of aliphatic hydroxyl groups is 1. The Morgan fingerprint density at radius 2 is 1.71 bits per heavy atom. The van der Waals surface area contributed by atoms with Gasteiger partial charge in [0.05, 0.1) is 12.1 Å². The van der Waals surface area contributed by atoms with Gasteiger partial charge in [-0.1, -0.05) is 70.4 Å². The molecule has 0 aliphatic heterocycles. The van der Waals surface area contributed by atoms with Gasteiger partial charge in [-0.05, 0) is 38.0 Å². The van der Waals surface area contributed by atoms with Crippen LogP contribution in [0.15, 0.2) is 51.7 Å². The number of ether oxygens (including phenoxy) is 1. The molecule has 0 unspecified atom stereocenters. The first-order valence-corrected chi connectivity index (χ1v) is 12.8. The van der Waals surface area contributed by atoms with Gasteiger partial charge in [-0.3, -0.25) is 4.79 Å². The minimum atomic E-state index is -0.654. The van der Waals surface area contributed by atoms with Crippen molar-refractivity contribution in [2.24, 2.45) is 0 Å². The van der Waals surface area contributed by atoms with Crippen LogP contribution in [0.4, 0.5) is 0 Å². The van der Waals surface area contributed by atoms with Gasteiger partial charge in [-0.15, -0.1) is 0 Å². The Morgan fingerprint density at radius 3 is 2.44 bits per heavy atom. The number of aliphatic hydroxyl groups excluding tert-OH is 1. The number of amides is 1. The zero-order valence-electron chi connectivity index (χ0n) is 20.8. The zero-order chi connectivity index (χ0) is 24.6. The van der Waals surface area contributed by atoms with Crippen LogP contribution in [-0.2, 0) is 4.79 Å². The van der Waals surface area contributed by atoms with Crippen LogP contribution in [-0.4, -0.2) is 29.8 Å². The second-order valence-electron chi connectivity index (χ2n) is 8.97. The summed E-state index contributed by atoms with van der Waals surface area (Å²) in [7, 11) is 0. The molecule has 0 spiro atoms. The van der Waals surface area contributed by atoms with E-state index >= 15 is 0 Å². The molecule has 2 aromatic rings. The van der Waals surface area contributed by atoms with Gasteiger partial charge >= 0.3 is 5.63 Å². The normalized spacial score (nSPS) is 13.3. The number of hydrogen-bond donors (Lipinski definition) is 2. The van der Waals surface area contributed by atoms with Crippen LogP contribution in [0, 0.1) is 0 Å². The lowest BCUT2D eigenvalue weighted by atomic mass is 10.1. The summed E-state index contributed by atoms with van der Waals surface area (Å²) < 4.78 is 10.8. The third kappa shape index (κ3) is 11.0. The fraction of sp³-hybridized carbons (Fsp3) is 0.571. The Hall–Kier alpha value is -2.60. The van der Waals surface area contributed by atoms with E-state index in [-0.39, 0.29) is 11.9 Å². The number of nitrogens with one attached hydrogen (secondary N) is 1. The molecule has 6 heteroatoms. The van der Waals surface area contributed by atoms with Crippen LogP contribution >= 0.6 is 0 Å². The van der Waals surface area contributed by atoms with Gasteiger partial charge in [-0.25, -0.2) is 4.79 Å². The highest BCUT2D eigenvalue weighted by Gasteiger charge is 2.15. The maximum atomic E-state index is 12.1. The van der Waals surface area contributed by atoms with Crippen molar-refractivity contribution in [1.29, 1.82) is 0 Å². The Bertz CT molecular complexity index is 936. The molecule has 0 saturated heterocycles. The largest absolute Gasteiger partial charge is 0.489 e. The quantitative estimate of drug-likeness (QED) is 0.170. The molecule has 34 heavy (non-hydrogen) atoms. The summed E-state index contributed by atoms with van der Waals surface area (Å²) >= 11 is 0. The summed E-state index contributed by atoms with van der Waals surface area (Å²) in [4.78, 5) is 23.5. The molecule has 2 N–H and O–H groups in total. The number of benzene rings is 1. The van der Waals surface area contributed by atoms with E-state index in [9.17, 15) is 14.7 Å². The summed E-state index contributed by atoms with van der Waals surface area (Å²) in [5.74, 6) is 0.605. The molecule has 6 nitrogen and oxygen atoms in total. The topological polar surface area (TPSA) is 88.8 Å². The second-order valence-corrected chi connectivity index (χ2v) is 8.97. The number of unbranched alkanes of at least 4 members (excludes halogenated alkanes) is 8. The van der Waals surface area contributed by atoms with Crippen molar-refractivity contribution < 1.29 is 19.1 Å². The predicted octanol–water partition coefficient (Wildman–Crippen LogP) is 5.90. The van der Waals surface area contributed by atoms with E-state index in [1.54, 1.807) is 12.1 Å². The van der Waals surface area contributed by atoms with E-state index < -0.39 is 11.7 Å². The van der Waals surface area contributed by atoms with Crippen molar-refractivity contribution in [3.8, 4) is 5.75 Å². The minimum absolute atomic E-state index is 0.00441. The standard InChI is InChI=1S/C28H41NO5/c1-3-4-5-6-7-8-9-10-11-15-27(31)29-22(2)25(30)14-12-13-20-33-24-18-16-23-17-19-28(32)34-26(23)21-24/h12-13,16-19,21-22,25,30H,3-11,14-15,20H2,1-2H3,(H,29,31)/b13-12+/t22-,25+/m0/s1. The Morgan fingerprint density at radius 1 is 1.03 bits per heavy atom. The first-order valence-electron chi connectivity index (χ1n) is 12.8. The number of hydrogen-bond acceptors (Lipinski definition) is 5. The van der Waals surface area contributed by atoms with Crippen molar-refractivity contribution in [2.45, 2.75) is 96.6 Å². The summed E-state index contributed by atoms with van der Waals surface area (Å²) in [6.45, 7) is 4.39. The van der Waals surface area contributed by atoms with E-state index in [0.29, 0.717) is 30.8 Å². The highest BCUT2D eigenvalue weighted by Crippen LogP contribution is 2.19. The van der Waals surface area contributed by atoms with Gasteiger partial charge in [-0.2, -0.15) is 0 Å². The summed E-state index contributed by atoms with van der Waals surface area (Å²) in [5, 5.41) is 14.0. The Labute approximate surface area is 203 Å². The molecule has 0 saturated carbocycles. The lowest BCUT2D eigenvalue weighted by molar-refractivity contribution is -0.122. The SMILES string of the molecule is CCCCCCCCCCCC(=O)N[C@@H](C)[C@H](O)C/C=C/COc1ccc2ccc(=O)oc2c1. The molecule has 1 amide bonds. The number of fused-ring (bicyclic) bond motifs is 1. The molecule has 0 aliphatic rings. The molecule has 0 bridgehead atoms. The van der Waals surface area contributed by atoms with Crippen molar-refractivity contribution in [2.75, 3.05) is 6.61 Å². The third-order valence-electron chi connectivity index (χ3n) is 5.96. The molecular weight excluding hydrogens is 430 g/mol. The van der Waals surface area contributed by atoms with Gasteiger partial charge in [0.25, 0.3) is 0 Å². The van der Waals surface area contributed by atoms with E-state index in [2.05, 4.69) is 12.2 Å². The minimum Gasteiger partial charge on any atom is -0.489 e. The molecular formula is C28H41NO5. The van der Waals surface area contributed by atoms with E-state index in [1.807, 2.05) is 31.2 Å². The zero-order valence-corrected chi connectivity index (χ0v) is 20.8. The highest BCUT2D eigenvalue weighted by molar-refractivity contribution is 5.77. The average Bonchev–Trinajstić information content (AvgIpc) is 2.82. The van der Waals surface area contributed by atoms with Gasteiger partial charge < -0.3 is 19.6 Å². The smallest absolute Gasteiger partial charge is 0.336 e. The molecule has 1 aromatic heterocycles. The number of carbonyl (C=O) groups is 1. The monoisotopic (exact) mass is 471 g/mol. The first-order chi connectivity index (χ1) is 16.5. The summed E-state index contributed by atoms with van der Waals surface area (Å²) in [6.07, 6.45) is 15.0. The lowest BCUT2D eigenvalue weighted by Crippen LogP contribution is -2.40. The number of rotatable bonds is 17. The number of carbonyl (C=O) groups excluding carboxylic acids is 1. The summed E-state index contributed by atoms with van der Waals surface area (Å²) in [5.41, 5.74) is 0.0873. The van der Waals surface area contributed by atoms with Crippen molar-refractivity contribution in [3.05, 3.63) is 52.9 Å². The van der Waals surface area contributed by atoms with Crippen LogP contribution in [0.25, 0.3) is 11.0 Å². The molecule has 188 valence electrons. The van der Waals surface area contributed by atoms with Crippen LogP contribution in [0.3, 0.4) is 0 Å². The van der Waals surface area contributed by atoms with Crippen LogP contribution in [0.1, 0.15) is 84.5 Å². The third-order valence-corrected chi connectivity index (χ3v) is 5.96. The lowest BCUT2D eigenvalue weighted by Gasteiger charge is -2.19. The van der Waals surface area contributed by atoms with Gasteiger partial charge in [0, 0.05) is 23.9 Å². The highest BCUT2D eigenvalue weighted by atomic mass is 16.5. The van der Waals surface area contributed by atoms with Crippen molar-refractivity contribution in [3.63, 3.8) is 0 Å². The maximum absolute atomic E-state index is 12.1. The average molecular weight is 472 g/mol. The summed E-state index contributed by atoms with van der Waals surface area (Å²) in [6, 6.07) is 8.13. The predicted molar refractivity (Wildman–Crippen MR) is 137 cm³/mol. The maximum Gasteiger partial charge on any atom is 0.336 e. The van der Waals surface area contributed by atoms with E-state index in [1.165, 1.54) is 51.0 Å². The molecule has 2 atom stereocenters. The molecule has 0 aliphatic carbocycles. The van der Waals surface area contributed by atoms with Gasteiger partial charge in [0.2, 0.25) is 5.91 Å². The van der Waals surface area contributed by atoms with E-state index in [4.69, 9.17) is 9.15 Å². The van der Waals surface area contributed by atoms with Crippen LogP contribution in [0.5, 0.6) is 5.75 Å². The fourth-order valence-corrected chi connectivity index (χ4v) is 3.80. The Balaban J connectivity index is 1.56. The molecule has 2 rings (SSSR count). The van der Waals surface area contributed by atoms with E-state index in [0.717, 1.165) is 18.2 Å². The van der Waals surface area contributed by atoms with Gasteiger partial charge in [0.15, 0.2) is 0 Å².